The number of nitrogens with zero attached hydrogens (tertiary/aromatic N) is 1. The smallest absolute Gasteiger partial charge is 0.282 e. The van der Waals surface area contributed by atoms with E-state index in [9.17, 15) is 9.59 Å². The summed E-state index contributed by atoms with van der Waals surface area (Å²) in [5.74, 6) is 0.444. The summed E-state index contributed by atoms with van der Waals surface area (Å²) < 4.78 is 10.6. The maximum atomic E-state index is 12.7. The number of hydrogen-bond acceptors (Lipinski definition) is 4. The average Bonchev–Trinajstić information content (AvgIpc) is 3.16. The highest BCUT2D eigenvalue weighted by Crippen LogP contribution is 2.33. The van der Waals surface area contributed by atoms with Crippen LogP contribution < -0.4 is 19.9 Å². The molecule has 6 heteroatoms. The molecule has 0 radical (unpaired) electrons. The number of benzene rings is 2. The van der Waals surface area contributed by atoms with Gasteiger partial charge in [-0.05, 0) is 60.9 Å². The quantitative estimate of drug-likeness (QED) is 0.676. The minimum absolute atomic E-state index is 0.0806. The van der Waals surface area contributed by atoms with Crippen LogP contribution in [-0.4, -0.2) is 18.6 Å². The summed E-state index contributed by atoms with van der Waals surface area (Å²) in [5, 5.41) is 1.27. The van der Waals surface area contributed by atoms with Gasteiger partial charge in [0.1, 0.15) is 5.57 Å². The predicted molar refractivity (Wildman–Crippen MR) is 92.1 cm³/mol. The molecule has 0 spiro atoms. The molecule has 2 heterocycles. The molecule has 0 aliphatic carbocycles. The first-order valence-corrected chi connectivity index (χ1v) is 7.87. The summed E-state index contributed by atoms with van der Waals surface area (Å²) >= 11 is 0. The summed E-state index contributed by atoms with van der Waals surface area (Å²) in [6.45, 7) is 4.13. The molecule has 25 heavy (non-hydrogen) atoms. The lowest BCUT2D eigenvalue weighted by atomic mass is 10.1. The van der Waals surface area contributed by atoms with Crippen molar-refractivity contribution in [3.63, 3.8) is 0 Å². The molecule has 0 atom stereocenters. The van der Waals surface area contributed by atoms with Crippen molar-refractivity contribution >= 4 is 23.6 Å². The zero-order chi connectivity index (χ0) is 17.6. The van der Waals surface area contributed by atoms with Crippen molar-refractivity contribution in [1.29, 1.82) is 0 Å². The van der Waals surface area contributed by atoms with Gasteiger partial charge in [-0.15, -0.1) is 0 Å². The molecule has 6 nitrogen and oxygen atoms in total. The lowest BCUT2D eigenvalue weighted by Gasteiger charge is -2.15. The largest absolute Gasteiger partial charge is 0.454 e. The Morgan fingerprint density at radius 3 is 2.60 bits per heavy atom. The van der Waals surface area contributed by atoms with Crippen molar-refractivity contribution in [2.24, 2.45) is 0 Å². The number of amides is 2. The molecule has 126 valence electrons. The van der Waals surface area contributed by atoms with Crippen molar-refractivity contribution in [2.75, 3.05) is 11.8 Å². The summed E-state index contributed by atoms with van der Waals surface area (Å²) in [6, 6.07) is 10.9. The lowest BCUT2D eigenvalue weighted by molar-refractivity contribution is -0.117. The molecule has 2 aliphatic heterocycles. The number of rotatable bonds is 2. The summed E-state index contributed by atoms with van der Waals surface area (Å²) in [5.41, 5.74) is 6.20. The molecule has 1 N–H and O–H groups in total. The number of hydrazine groups is 1. The monoisotopic (exact) mass is 336 g/mol. The van der Waals surface area contributed by atoms with Crippen molar-refractivity contribution < 1.29 is 19.1 Å². The Kier molecular flexibility index (Phi) is 3.46. The number of nitrogens with one attached hydrogen (secondary N) is 1. The Morgan fingerprint density at radius 2 is 1.80 bits per heavy atom. The molecule has 1 fully saturated rings. The van der Waals surface area contributed by atoms with E-state index < -0.39 is 5.91 Å². The highest BCUT2D eigenvalue weighted by atomic mass is 16.7. The minimum Gasteiger partial charge on any atom is -0.454 e. The molecule has 0 bridgehead atoms. The second-order valence-corrected chi connectivity index (χ2v) is 6.02. The van der Waals surface area contributed by atoms with Crippen molar-refractivity contribution in [2.45, 2.75) is 13.8 Å². The maximum Gasteiger partial charge on any atom is 0.282 e. The van der Waals surface area contributed by atoms with Crippen LogP contribution in [0, 0.1) is 13.8 Å². The number of anilines is 1. The second-order valence-electron chi connectivity index (χ2n) is 6.02. The van der Waals surface area contributed by atoms with E-state index in [2.05, 4.69) is 5.43 Å². The van der Waals surface area contributed by atoms with E-state index in [-0.39, 0.29) is 18.3 Å². The third-order valence-electron chi connectivity index (χ3n) is 4.35. The Labute approximate surface area is 144 Å². The standard InChI is InChI=1S/C19H16N2O4/c1-11-3-5-14(7-12(11)2)21-19(23)15(18(22)20-21)8-13-4-6-16-17(9-13)25-10-24-16/h3-9H,10H2,1-2H3,(H,20,22)/b15-8-. The second kappa shape index (κ2) is 5.66. The average molecular weight is 336 g/mol. The molecule has 2 aromatic carbocycles. The van der Waals surface area contributed by atoms with E-state index in [1.807, 2.05) is 32.0 Å². The number of ether oxygens (including phenoxy) is 2. The summed E-state index contributed by atoms with van der Waals surface area (Å²) in [4.78, 5) is 24.9. The van der Waals surface area contributed by atoms with Crippen LogP contribution in [0.4, 0.5) is 5.69 Å². The third kappa shape index (κ3) is 2.61. The Hall–Kier alpha value is -3.28. The highest BCUT2D eigenvalue weighted by molar-refractivity contribution is 6.31. The topological polar surface area (TPSA) is 67.9 Å². The zero-order valence-electron chi connectivity index (χ0n) is 13.8. The van der Waals surface area contributed by atoms with E-state index in [4.69, 9.17) is 9.47 Å². The molecule has 2 aliphatic rings. The van der Waals surface area contributed by atoms with Crippen LogP contribution in [0.25, 0.3) is 6.08 Å². The molecule has 0 unspecified atom stereocenters. The van der Waals surface area contributed by atoms with E-state index in [1.165, 1.54) is 5.01 Å². The first-order chi connectivity index (χ1) is 12.0. The molecular formula is C19H16N2O4. The first kappa shape index (κ1) is 15.3. The van der Waals surface area contributed by atoms with Crippen LogP contribution in [-0.2, 0) is 9.59 Å². The fraction of sp³-hybridized carbons (Fsp3) is 0.158. The van der Waals surface area contributed by atoms with Gasteiger partial charge in [0.05, 0.1) is 5.69 Å². The van der Waals surface area contributed by atoms with Gasteiger partial charge in [0.15, 0.2) is 11.5 Å². The van der Waals surface area contributed by atoms with E-state index in [1.54, 1.807) is 24.3 Å². The van der Waals surface area contributed by atoms with Crippen LogP contribution in [0.5, 0.6) is 11.5 Å². The summed E-state index contributed by atoms with van der Waals surface area (Å²) in [7, 11) is 0. The summed E-state index contributed by atoms with van der Waals surface area (Å²) in [6.07, 6.45) is 1.56. The van der Waals surface area contributed by atoms with Gasteiger partial charge in [0, 0.05) is 0 Å². The van der Waals surface area contributed by atoms with Crippen LogP contribution in [0.2, 0.25) is 0 Å². The Bertz CT molecular complexity index is 933. The number of fused-ring (bicyclic) bond motifs is 1. The molecular weight excluding hydrogens is 320 g/mol. The number of carbonyl (C=O) groups is 2. The Morgan fingerprint density at radius 1 is 1.00 bits per heavy atom. The van der Waals surface area contributed by atoms with Gasteiger partial charge >= 0.3 is 0 Å². The van der Waals surface area contributed by atoms with Gasteiger partial charge in [0.25, 0.3) is 11.8 Å². The van der Waals surface area contributed by atoms with Crippen LogP contribution in [0.3, 0.4) is 0 Å². The van der Waals surface area contributed by atoms with Gasteiger partial charge in [-0.25, -0.2) is 5.01 Å². The SMILES string of the molecule is Cc1ccc(N2NC(=O)/C(=C/c3ccc4c(c3)OCO4)C2=O)cc1C. The van der Waals surface area contributed by atoms with Crippen molar-refractivity contribution in [1.82, 2.24) is 5.43 Å². The van der Waals surface area contributed by atoms with Gasteiger partial charge in [-0.3, -0.25) is 15.0 Å². The number of aryl methyl sites for hydroxylation is 2. The van der Waals surface area contributed by atoms with E-state index >= 15 is 0 Å². The number of hydrogen-bond donors (Lipinski definition) is 1. The zero-order valence-corrected chi connectivity index (χ0v) is 13.8. The van der Waals surface area contributed by atoms with Gasteiger partial charge in [0.2, 0.25) is 6.79 Å². The molecule has 2 aromatic rings. The normalized spacial score (nSPS) is 17.4. The van der Waals surface area contributed by atoms with Gasteiger partial charge in [-0.1, -0.05) is 12.1 Å². The van der Waals surface area contributed by atoms with E-state index in [0.29, 0.717) is 22.7 Å². The van der Waals surface area contributed by atoms with Gasteiger partial charge in [-0.2, -0.15) is 0 Å². The minimum atomic E-state index is -0.430. The van der Waals surface area contributed by atoms with Gasteiger partial charge < -0.3 is 9.47 Å². The highest BCUT2D eigenvalue weighted by Gasteiger charge is 2.34. The molecule has 1 saturated heterocycles. The first-order valence-electron chi connectivity index (χ1n) is 7.87. The third-order valence-corrected chi connectivity index (χ3v) is 4.35. The number of carbonyl (C=O) groups excluding carboxylic acids is 2. The van der Waals surface area contributed by atoms with Crippen molar-refractivity contribution in [3.8, 4) is 11.5 Å². The molecule has 0 saturated carbocycles. The fourth-order valence-corrected chi connectivity index (χ4v) is 2.77. The van der Waals surface area contributed by atoms with Crippen LogP contribution in [0.15, 0.2) is 42.0 Å². The maximum absolute atomic E-state index is 12.7. The van der Waals surface area contributed by atoms with E-state index in [0.717, 1.165) is 11.1 Å². The van der Waals surface area contributed by atoms with Crippen molar-refractivity contribution in [3.05, 3.63) is 58.7 Å². The fourth-order valence-electron chi connectivity index (χ4n) is 2.77. The lowest BCUT2D eigenvalue weighted by Crippen LogP contribution is -2.35. The predicted octanol–water partition coefficient (Wildman–Crippen LogP) is 2.49. The molecule has 2 amide bonds. The van der Waals surface area contributed by atoms with Crippen LogP contribution in [0.1, 0.15) is 16.7 Å². The molecule has 0 aromatic heterocycles. The Balaban J connectivity index is 1.66. The molecule has 4 rings (SSSR count). The van der Waals surface area contributed by atoms with Crippen LogP contribution >= 0.6 is 0 Å².